The van der Waals surface area contributed by atoms with Gasteiger partial charge in [-0.1, -0.05) is 29.3 Å². The Morgan fingerprint density at radius 3 is 2.26 bits per heavy atom. The van der Waals surface area contributed by atoms with Gasteiger partial charge < -0.3 is 18.5 Å². The lowest BCUT2D eigenvalue weighted by Crippen LogP contribution is -2.16. The molecular formula is C32H25Cl2I2N3O4. The van der Waals surface area contributed by atoms with Crippen molar-refractivity contribution in [2.75, 3.05) is 0 Å². The molecule has 220 valence electrons. The number of hydrogen-bond donors (Lipinski definition) is 1. The van der Waals surface area contributed by atoms with Crippen LogP contribution in [-0.2, 0) is 13.2 Å². The molecule has 1 amide bonds. The molecule has 0 radical (unpaired) electrons. The number of furan rings is 1. The standard InChI is InChI=1S/C32H25Cl2I2N3O4/c1-19-3-4-20(2)39(19)23-6-8-24(9-7-23)41-18-25-10-12-30(43-25)32(40)38-37-16-22-14-28(35)31(29(36)15-22)42-17-21-5-11-26(33)27(34)13-21/h3-16H,17-18H2,1-2H3,(H,38,40)/b37-16+. The molecule has 0 saturated carbocycles. The summed E-state index contributed by atoms with van der Waals surface area (Å²) in [5.74, 6) is 1.65. The smallest absolute Gasteiger partial charge is 0.307 e. The van der Waals surface area contributed by atoms with Crippen LogP contribution in [0.25, 0.3) is 5.69 Å². The molecule has 0 saturated heterocycles. The van der Waals surface area contributed by atoms with Gasteiger partial charge in [0.15, 0.2) is 5.76 Å². The molecule has 0 fully saturated rings. The van der Waals surface area contributed by atoms with E-state index in [2.05, 4.69) is 86.3 Å². The van der Waals surface area contributed by atoms with Crippen molar-refractivity contribution in [1.29, 1.82) is 0 Å². The number of amides is 1. The summed E-state index contributed by atoms with van der Waals surface area (Å²) < 4.78 is 21.5. The molecule has 1 N–H and O–H groups in total. The van der Waals surface area contributed by atoms with E-state index in [4.69, 9.17) is 37.1 Å². The quantitative estimate of drug-likeness (QED) is 0.0866. The summed E-state index contributed by atoms with van der Waals surface area (Å²) in [7, 11) is 0. The number of nitrogens with zero attached hydrogens (tertiary/aromatic N) is 2. The van der Waals surface area contributed by atoms with Gasteiger partial charge >= 0.3 is 5.91 Å². The SMILES string of the molecule is Cc1ccc(C)n1-c1ccc(OCc2ccc(C(=O)N/N=C/c3cc(I)c(OCc4ccc(Cl)c(Cl)c4)c(I)c3)o2)cc1. The topological polar surface area (TPSA) is 78.0 Å². The number of aryl methyl sites for hydroxylation is 2. The minimum absolute atomic E-state index is 0.139. The number of nitrogens with one attached hydrogen (secondary N) is 1. The van der Waals surface area contributed by atoms with Crippen LogP contribution in [-0.4, -0.2) is 16.7 Å². The van der Waals surface area contributed by atoms with Gasteiger partial charge in [0.05, 0.1) is 23.4 Å². The van der Waals surface area contributed by atoms with Crippen LogP contribution in [0.5, 0.6) is 11.5 Å². The largest absolute Gasteiger partial charge is 0.487 e. The van der Waals surface area contributed by atoms with Gasteiger partial charge in [-0.2, -0.15) is 5.10 Å². The average molecular weight is 840 g/mol. The Hall–Kier alpha value is -3.00. The Kier molecular flexibility index (Phi) is 10.4. The van der Waals surface area contributed by atoms with Crippen LogP contribution in [0.1, 0.15) is 38.8 Å². The van der Waals surface area contributed by atoms with Crippen LogP contribution in [0.4, 0.5) is 0 Å². The van der Waals surface area contributed by atoms with Crippen LogP contribution >= 0.6 is 68.4 Å². The van der Waals surface area contributed by atoms with Gasteiger partial charge in [-0.25, -0.2) is 5.43 Å². The average Bonchev–Trinajstić information content (AvgIpc) is 3.59. The van der Waals surface area contributed by atoms with Gasteiger partial charge in [0.1, 0.15) is 30.5 Å². The van der Waals surface area contributed by atoms with Crippen LogP contribution in [0.2, 0.25) is 10.0 Å². The lowest BCUT2D eigenvalue weighted by Gasteiger charge is -2.12. The Labute approximate surface area is 286 Å². The van der Waals surface area contributed by atoms with E-state index in [1.54, 1.807) is 30.5 Å². The van der Waals surface area contributed by atoms with Crippen LogP contribution < -0.4 is 14.9 Å². The number of carbonyl (C=O) groups is 1. The van der Waals surface area contributed by atoms with Crippen molar-refractivity contribution in [3.05, 3.63) is 130 Å². The minimum Gasteiger partial charge on any atom is -0.487 e. The van der Waals surface area contributed by atoms with E-state index in [1.165, 1.54) is 11.4 Å². The molecule has 0 unspecified atom stereocenters. The van der Waals surface area contributed by atoms with Crippen LogP contribution in [0.3, 0.4) is 0 Å². The molecule has 2 heterocycles. The molecule has 0 aliphatic rings. The molecule has 0 aliphatic heterocycles. The second-order valence-electron chi connectivity index (χ2n) is 9.55. The van der Waals surface area contributed by atoms with Gasteiger partial charge in [-0.05, 0) is 143 Å². The molecular weight excluding hydrogens is 815 g/mol. The van der Waals surface area contributed by atoms with Crippen molar-refractivity contribution < 1.29 is 18.7 Å². The molecule has 0 bridgehead atoms. The molecule has 43 heavy (non-hydrogen) atoms. The normalized spacial score (nSPS) is 11.2. The number of ether oxygens (including phenoxy) is 2. The third-order valence-electron chi connectivity index (χ3n) is 6.40. The van der Waals surface area contributed by atoms with Crippen molar-refractivity contribution >= 4 is 80.5 Å². The van der Waals surface area contributed by atoms with E-state index >= 15 is 0 Å². The predicted molar refractivity (Wildman–Crippen MR) is 186 cm³/mol. The van der Waals surface area contributed by atoms with Crippen molar-refractivity contribution in [1.82, 2.24) is 9.99 Å². The first kappa shape index (κ1) is 31.4. The maximum absolute atomic E-state index is 12.6. The summed E-state index contributed by atoms with van der Waals surface area (Å²) in [6, 6.07) is 24.6. The Morgan fingerprint density at radius 2 is 1.58 bits per heavy atom. The molecule has 0 atom stereocenters. The highest BCUT2D eigenvalue weighted by Gasteiger charge is 2.13. The Bertz CT molecular complexity index is 1760. The first-order chi connectivity index (χ1) is 20.7. The number of hydrazone groups is 1. The number of rotatable bonds is 10. The molecule has 3 aromatic carbocycles. The lowest BCUT2D eigenvalue weighted by atomic mass is 10.2. The van der Waals surface area contributed by atoms with Gasteiger partial charge in [0.2, 0.25) is 0 Å². The number of halogens is 4. The zero-order valence-electron chi connectivity index (χ0n) is 23.0. The van der Waals surface area contributed by atoms with Gasteiger partial charge in [-0.15, -0.1) is 0 Å². The summed E-state index contributed by atoms with van der Waals surface area (Å²) in [6.45, 7) is 4.69. The second-order valence-corrected chi connectivity index (χ2v) is 12.7. The van der Waals surface area contributed by atoms with E-state index in [-0.39, 0.29) is 12.4 Å². The van der Waals surface area contributed by atoms with Crippen molar-refractivity contribution in [3.63, 3.8) is 0 Å². The summed E-state index contributed by atoms with van der Waals surface area (Å²) >= 11 is 16.5. The zero-order chi connectivity index (χ0) is 30.5. The first-order valence-corrected chi connectivity index (χ1v) is 16.0. The summed E-state index contributed by atoms with van der Waals surface area (Å²) in [5, 5.41) is 5.08. The van der Waals surface area contributed by atoms with Gasteiger partial charge in [0.25, 0.3) is 0 Å². The van der Waals surface area contributed by atoms with Crippen LogP contribution in [0, 0.1) is 21.0 Å². The monoisotopic (exact) mass is 839 g/mol. The molecule has 11 heteroatoms. The maximum atomic E-state index is 12.6. The van der Waals surface area contributed by atoms with E-state index in [0.29, 0.717) is 28.2 Å². The molecule has 5 rings (SSSR count). The first-order valence-electron chi connectivity index (χ1n) is 13.0. The predicted octanol–water partition coefficient (Wildman–Crippen LogP) is 9.13. The highest BCUT2D eigenvalue weighted by atomic mass is 127. The number of benzene rings is 3. The van der Waals surface area contributed by atoms with Crippen molar-refractivity contribution in [3.8, 4) is 17.2 Å². The highest BCUT2D eigenvalue weighted by molar-refractivity contribution is 14.1. The Morgan fingerprint density at radius 1 is 0.884 bits per heavy atom. The van der Waals surface area contributed by atoms with Gasteiger partial charge in [0, 0.05) is 17.1 Å². The van der Waals surface area contributed by atoms with Crippen molar-refractivity contribution in [2.24, 2.45) is 5.10 Å². The Balaban J connectivity index is 1.13. The van der Waals surface area contributed by atoms with Gasteiger partial charge in [-0.3, -0.25) is 4.79 Å². The van der Waals surface area contributed by atoms with Crippen molar-refractivity contribution in [2.45, 2.75) is 27.1 Å². The number of carbonyl (C=O) groups excluding carboxylic acids is 1. The fraction of sp³-hybridized carbons (Fsp3) is 0.125. The fourth-order valence-corrected chi connectivity index (χ4v) is 6.74. The van der Waals surface area contributed by atoms with E-state index in [1.807, 2.05) is 42.5 Å². The molecule has 0 spiro atoms. The second kappa shape index (κ2) is 14.2. The highest BCUT2D eigenvalue weighted by Crippen LogP contribution is 2.30. The number of hydrogen-bond acceptors (Lipinski definition) is 5. The summed E-state index contributed by atoms with van der Waals surface area (Å²) in [4.78, 5) is 12.6. The summed E-state index contributed by atoms with van der Waals surface area (Å²) in [6.07, 6.45) is 1.57. The van der Waals surface area contributed by atoms with E-state index < -0.39 is 5.91 Å². The lowest BCUT2D eigenvalue weighted by molar-refractivity contribution is 0.0923. The van der Waals surface area contributed by atoms with Crippen LogP contribution in [0.15, 0.2) is 88.4 Å². The molecule has 5 aromatic rings. The molecule has 7 nitrogen and oxygen atoms in total. The fourth-order valence-electron chi connectivity index (χ4n) is 4.30. The third kappa shape index (κ3) is 7.94. The maximum Gasteiger partial charge on any atom is 0.307 e. The molecule has 2 aromatic heterocycles. The van der Waals surface area contributed by atoms with E-state index in [0.717, 1.165) is 29.7 Å². The third-order valence-corrected chi connectivity index (χ3v) is 8.74. The molecule has 0 aliphatic carbocycles. The number of aromatic nitrogens is 1. The summed E-state index contributed by atoms with van der Waals surface area (Å²) in [5.41, 5.74) is 7.63. The minimum atomic E-state index is -0.463. The zero-order valence-corrected chi connectivity index (χ0v) is 28.9. The van der Waals surface area contributed by atoms with E-state index in [9.17, 15) is 4.79 Å².